The Hall–Kier alpha value is -4.50. The minimum atomic E-state index is 0.651. The van der Waals surface area contributed by atoms with Crippen LogP contribution in [0.2, 0.25) is 0 Å². The molecule has 1 N–H and O–H groups in total. The van der Waals surface area contributed by atoms with Crippen LogP contribution in [-0.4, -0.2) is 0 Å². The fourth-order valence-electron chi connectivity index (χ4n) is 6.52. The Bertz CT molecular complexity index is 1970. The van der Waals surface area contributed by atoms with Crippen molar-refractivity contribution in [2.45, 2.75) is 38.0 Å². The van der Waals surface area contributed by atoms with Crippen LogP contribution in [0.5, 0.6) is 0 Å². The molecule has 0 bridgehead atoms. The maximum atomic E-state index is 6.32. The molecule has 8 rings (SSSR count). The molecule has 2 aromatic heterocycles. The summed E-state index contributed by atoms with van der Waals surface area (Å²) in [6.45, 7) is 0. The smallest absolute Gasteiger partial charge is 0.137 e. The molecule has 0 aliphatic heterocycles. The standard InChI is InChI=1S/C36H29NO2/c1-3-9-23(10-4-1)25-17-19-31-27(21-25)35-29(13-7-15-33(35)38-31)37-30-14-8-16-34-36(30)28-22-26(18-20-32(28)39-34)24-11-5-2-6-12-24/h1,3-4,7-10,13-22,24,37H,2,5-6,11-12H2. The lowest BCUT2D eigenvalue weighted by molar-refractivity contribution is 0.444. The first-order valence-corrected chi connectivity index (χ1v) is 14.0. The molecule has 1 saturated carbocycles. The third kappa shape index (κ3) is 3.80. The first kappa shape index (κ1) is 22.5. The molecule has 0 atom stereocenters. The number of rotatable bonds is 4. The molecule has 39 heavy (non-hydrogen) atoms. The number of anilines is 2. The second kappa shape index (κ2) is 9.06. The normalized spacial score (nSPS) is 14.6. The van der Waals surface area contributed by atoms with E-state index in [0.717, 1.165) is 49.9 Å². The zero-order valence-electron chi connectivity index (χ0n) is 21.7. The largest absolute Gasteiger partial charge is 0.456 e. The van der Waals surface area contributed by atoms with Gasteiger partial charge in [0.2, 0.25) is 0 Å². The number of benzene rings is 5. The summed E-state index contributed by atoms with van der Waals surface area (Å²) in [5.41, 5.74) is 9.52. The highest BCUT2D eigenvalue weighted by Gasteiger charge is 2.19. The van der Waals surface area contributed by atoms with E-state index in [2.05, 4.69) is 102 Å². The number of furan rings is 2. The van der Waals surface area contributed by atoms with E-state index in [1.54, 1.807) is 0 Å². The molecule has 1 aliphatic rings. The molecule has 1 fully saturated rings. The summed E-state index contributed by atoms with van der Waals surface area (Å²) in [6, 6.07) is 36.3. The molecule has 3 nitrogen and oxygen atoms in total. The summed E-state index contributed by atoms with van der Waals surface area (Å²) in [5, 5.41) is 8.32. The van der Waals surface area contributed by atoms with Crippen molar-refractivity contribution in [1.29, 1.82) is 0 Å². The van der Waals surface area contributed by atoms with Gasteiger partial charge in [-0.3, -0.25) is 0 Å². The molecule has 0 saturated heterocycles. The molecular formula is C36H29NO2. The van der Waals surface area contributed by atoms with Gasteiger partial charge in [0.1, 0.15) is 22.3 Å². The van der Waals surface area contributed by atoms with E-state index >= 15 is 0 Å². The lowest BCUT2D eigenvalue weighted by Gasteiger charge is -2.21. The highest BCUT2D eigenvalue weighted by Crippen LogP contribution is 2.42. The topological polar surface area (TPSA) is 38.3 Å². The molecule has 2 heterocycles. The maximum Gasteiger partial charge on any atom is 0.137 e. The Labute approximate surface area is 227 Å². The van der Waals surface area contributed by atoms with Crippen molar-refractivity contribution in [3.05, 3.63) is 109 Å². The van der Waals surface area contributed by atoms with Crippen molar-refractivity contribution in [3.63, 3.8) is 0 Å². The van der Waals surface area contributed by atoms with Gasteiger partial charge in [0.15, 0.2) is 0 Å². The van der Waals surface area contributed by atoms with Crippen LogP contribution in [0, 0.1) is 0 Å². The van der Waals surface area contributed by atoms with Gasteiger partial charge in [-0.2, -0.15) is 0 Å². The van der Waals surface area contributed by atoms with Gasteiger partial charge in [-0.1, -0.05) is 73.9 Å². The lowest BCUT2D eigenvalue weighted by Crippen LogP contribution is -2.04. The van der Waals surface area contributed by atoms with E-state index in [-0.39, 0.29) is 0 Å². The van der Waals surface area contributed by atoms with Gasteiger partial charge >= 0.3 is 0 Å². The molecule has 0 unspecified atom stereocenters. The van der Waals surface area contributed by atoms with Gasteiger partial charge in [0, 0.05) is 10.8 Å². The quantitative estimate of drug-likeness (QED) is 0.257. The maximum absolute atomic E-state index is 6.32. The third-order valence-electron chi connectivity index (χ3n) is 8.47. The second-order valence-electron chi connectivity index (χ2n) is 10.9. The molecule has 0 spiro atoms. The number of nitrogens with one attached hydrogen (secondary N) is 1. The van der Waals surface area contributed by atoms with Crippen molar-refractivity contribution in [2.24, 2.45) is 0 Å². The monoisotopic (exact) mass is 507 g/mol. The number of fused-ring (bicyclic) bond motifs is 6. The molecule has 7 aromatic rings. The van der Waals surface area contributed by atoms with Gasteiger partial charge in [0.25, 0.3) is 0 Å². The van der Waals surface area contributed by atoms with Crippen LogP contribution in [0.3, 0.4) is 0 Å². The predicted octanol–water partition coefficient (Wildman–Crippen LogP) is 10.9. The summed E-state index contributed by atoms with van der Waals surface area (Å²) in [5.74, 6) is 0.651. The Kier molecular flexibility index (Phi) is 5.22. The molecule has 3 heteroatoms. The SMILES string of the molecule is c1ccc(-c2ccc3oc4cccc(Nc5cccc6oc7ccc(C8CCCCC8)cc7c56)c4c3c2)cc1. The van der Waals surface area contributed by atoms with Crippen LogP contribution in [0.25, 0.3) is 55.0 Å². The highest BCUT2D eigenvalue weighted by atomic mass is 16.3. The number of hydrogen-bond donors (Lipinski definition) is 1. The molecule has 190 valence electrons. The zero-order valence-corrected chi connectivity index (χ0v) is 21.7. The van der Waals surface area contributed by atoms with Gasteiger partial charge in [0.05, 0.1) is 22.1 Å². The highest BCUT2D eigenvalue weighted by molar-refractivity contribution is 6.16. The van der Waals surface area contributed by atoms with Gasteiger partial charge in [-0.15, -0.1) is 0 Å². The van der Waals surface area contributed by atoms with Gasteiger partial charge < -0.3 is 14.2 Å². The minimum Gasteiger partial charge on any atom is -0.456 e. The summed E-state index contributed by atoms with van der Waals surface area (Å²) in [4.78, 5) is 0. The minimum absolute atomic E-state index is 0.651. The van der Waals surface area contributed by atoms with Gasteiger partial charge in [-0.25, -0.2) is 0 Å². The van der Waals surface area contributed by atoms with E-state index in [9.17, 15) is 0 Å². The summed E-state index contributed by atoms with van der Waals surface area (Å²) in [7, 11) is 0. The van der Waals surface area contributed by atoms with Crippen molar-refractivity contribution >= 4 is 55.3 Å². The Morgan fingerprint density at radius 1 is 0.513 bits per heavy atom. The van der Waals surface area contributed by atoms with Crippen molar-refractivity contribution in [2.75, 3.05) is 5.32 Å². The summed E-state index contributed by atoms with van der Waals surface area (Å²) in [6.07, 6.45) is 6.59. The Morgan fingerprint density at radius 2 is 1.15 bits per heavy atom. The first-order valence-electron chi connectivity index (χ1n) is 14.0. The zero-order chi connectivity index (χ0) is 25.8. The van der Waals surface area contributed by atoms with Crippen molar-refractivity contribution in [1.82, 2.24) is 0 Å². The Balaban J connectivity index is 1.27. The van der Waals surface area contributed by atoms with Crippen LogP contribution in [-0.2, 0) is 0 Å². The van der Waals surface area contributed by atoms with E-state index in [4.69, 9.17) is 8.83 Å². The molecule has 0 radical (unpaired) electrons. The number of hydrogen-bond acceptors (Lipinski definition) is 3. The van der Waals surface area contributed by atoms with E-state index in [1.165, 1.54) is 54.2 Å². The predicted molar refractivity (Wildman–Crippen MR) is 162 cm³/mol. The molecule has 0 amide bonds. The fourth-order valence-corrected chi connectivity index (χ4v) is 6.52. The van der Waals surface area contributed by atoms with Crippen LogP contribution >= 0.6 is 0 Å². The van der Waals surface area contributed by atoms with Crippen LogP contribution in [0.1, 0.15) is 43.6 Å². The van der Waals surface area contributed by atoms with Crippen LogP contribution in [0.15, 0.2) is 112 Å². The molecular weight excluding hydrogens is 478 g/mol. The second-order valence-corrected chi connectivity index (χ2v) is 10.9. The molecule has 1 aliphatic carbocycles. The molecule has 5 aromatic carbocycles. The summed E-state index contributed by atoms with van der Waals surface area (Å²) >= 11 is 0. The van der Waals surface area contributed by atoms with Crippen molar-refractivity contribution in [3.8, 4) is 11.1 Å². The van der Waals surface area contributed by atoms with E-state index < -0.39 is 0 Å². The van der Waals surface area contributed by atoms with Crippen LogP contribution < -0.4 is 5.32 Å². The lowest BCUT2D eigenvalue weighted by atomic mass is 9.84. The summed E-state index contributed by atoms with van der Waals surface area (Å²) < 4.78 is 12.6. The Morgan fingerprint density at radius 3 is 1.85 bits per heavy atom. The van der Waals surface area contributed by atoms with Gasteiger partial charge in [-0.05, 0) is 84.0 Å². The third-order valence-corrected chi connectivity index (χ3v) is 8.47. The average Bonchev–Trinajstić information content (AvgIpc) is 3.56. The van der Waals surface area contributed by atoms with Crippen molar-refractivity contribution < 1.29 is 8.83 Å². The fraction of sp³-hybridized carbons (Fsp3) is 0.167. The van der Waals surface area contributed by atoms with E-state index in [0.29, 0.717) is 5.92 Å². The average molecular weight is 508 g/mol. The van der Waals surface area contributed by atoms with Crippen LogP contribution in [0.4, 0.5) is 11.4 Å². The first-order chi connectivity index (χ1) is 19.3. The van der Waals surface area contributed by atoms with E-state index in [1.807, 2.05) is 6.07 Å².